The summed E-state index contributed by atoms with van der Waals surface area (Å²) >= 11 is 0. The Balaban J connectivity index is 2.14. The fourth-order valence-corrected chi connectivity index (χ4v) is 4.08. The lowest BCUT2D eigenvalue weighted by Crippen LogP contribution is -2.64. The van der Waals surface area contributed by atoms with Gasteiger partial charge in [0, 0.05) is 19.1 Å². The van der Waals surface area contributed by atoms with E-state index in [4.69, 9.17) is 4.74 Å². The van der Waals surface area contributed by atoms with E-state index in [9.17, 15) is 19.2 Å². The van der Waals surface area contributed by atoms with Crippen LogP contribution >= 0.6 is 0 Å². The third-order valence-corrected chi connectivity index (χ3v) is 5.90. The summed E-state index contributed by atoms with van der Waals surface area (Å²) in [5.74, 6) is -1.70. The zero-order valence-corrected chi connectivity index (χ0v) is 19.1. The van der Waals surface area contributed by atoms with Crippen molar-refractivity contribution in [3.63, 3.8) is 0 Å². The van der Waals surface area contributed by atoms with Gasteiger partial charge in [0.2, 0.25) is 11.7 Å². The van der Waals surface area contributed by atoms with Crippen molar-refractivity contribution in [1.82, 2.24) is 20.9 Å². The largest absolute Gasteiger partial charge is 0.378 e. The topological polar surface area (TPSA) is 117 Å². The molecule has 0 spiro atoms. The van der Waals surface area contributed by atoms with Crippen LogP contribution in [0.15, 0.2) is 0 Å². The number of unbranched alkanes of at least 4 members (excludes halogenated alkanes) is 1. The second kappa shape index (κ2) is 12.0. The van der Waals surface area contributed by atoms with Crippen LogP contribution in [0, 0.1) is 0 Å². The molecule has 4 amide bonds. The summed E-state index contributed by atoms with van der Waals surface area (Å²) in [6.07, 6.45) is 5.60. The van der Waals surface area contributed by atoms with Crippen molar-refractivity contribution in [2.75, 3.05) is 26.3 Å². The molecule has 9 heteroatoms. The van der Waals surface area contributed by atoms with Crippen molar-refractivity contribution in [3.05, 3.63) is 0 Å². The number of nitrogens with zero attached hydrogens (tertiary/aromatic N) is 1. The molecule has 1 saturated heterocycles. The summed E-state index contributed by atoms with van der Waals surface area (Å²) < 4.78 is 5.30. The highest BCUT2D eigenvalue weighted by Gasteiger charge is 2.43. The van der Waals surface area contributed by atoms with Crippen LogP contribution in [0.3, 0.4) is 0 Å². The molecule has 0 aromatic heterocycles. The Morgan fingerprint density at radius 3 is 2.23 bits per heavy atom. The first-order valence-electron chi connectivity index (χ1n) is 11.6. The molecule has 176 valence electrons. The van der Waals surface area contributed by atoms with E-state index in [0.717, 1.165) is 25.7 Å². The van der Waals surface area contributed by atoms with Crippen LogP contribution in [-0.2, 0) is 19.1 Å². The number of rotatable bonds is 9. The van der Waals surface area contributed by atoms with Crippen LogP contribution in [0.25, 0.3) is 0 Å². The first kappa shape index (κ1) is 25.1. The summed E-state index contributed by atoms with van der Waals surface area (Å²) in [5, 5.41) is 8.40. The van der Waals surface area contributed by atoms with Gasteiger partial charge < -0.3 is 25.6 Å². The van der Waals surface area contributed by atoms with E-state index in [1.807, 2.05) is 6.92 Å². The van der Waals surface area contributed by atoms with Gasteiger partial charge in [-0.15, -0.1) is 0 Å². The van der Waals surface area contributed by atoms with Gasteiger partial charge in [0.05, 0.1) is 19.3 Å². The van der Waals surface area contributed by atoms with Gasteiger partial charge in [0.15, 0.2) is 0 Å². The SMILES string of the molecule is CCCC[C@H](NC(=O)C1(NC(=O)N2CCOCC2)CCCCC1)C(=O)C(=O)NC(C)C. The summed E-state index contributed by atoms with van der Waals surface area (Å²) in [6.45, 7) is 7.47. The minimum absolute atomic E-state index is 0.170. The van der Waals surface area contributed by atoms with Crippen molar-refractivity contribution < 1.29 is 23.9 Å². The number of ether oxygens (including phenoxy) is 1. The van der Waals surface area contributed by atoms with Crippen molar-refractivity contribution in [1.29, 1.82) is 0 Å². The van der Waals surface area contributed by atoms with Crippen molar-refractivity contribution in [2.24, 2.45) is 0 Å². The van der Waals surface area contributed by atoms with E-state index in [0.29, 0.717) is 52.0 Å². The number of nitrogens with one attached hydrogen (secondary N) is 3. The van der Waals surface area contributed by atoms with Gasteiger partial charge in [-0.2, -0.15) is 0 Å². The molecular formula is C22H38N4O5. The monoisotopic (exact) mass is 438 g/mol. The van der Waals surface area contributed by atoms with Gasteiger partial charge in [-0.3, -0.25) is 14.4 Å². The average Bonchev–Trinajstić information content (AvgIpc) is 2.76. The summed E-state index contributed by atoms with van der Waals surface area (Å²) in [5.41, 5.74) is -1.06. The highest BCUT2D eigenvalue weighted by molar-refractivity contribution is 6.38. The molecule has 1 heterocycles. The van der Waals surface area contributed by atoms with Crippen molar-refractivity contribution >= 4 is 23.6 Å². The van der Waals surface area contributed by atoms with Crippen LogP contribution in [-0.4, -0.2) is 72.5 Å². The molecule has 9 nitrogen and oxygen atoms in total. The first-order chi connectivity index (χ1) is 14.8. The molecule has 0 unspecified atom stereocenters. The quantitative estimate of drug-likeness (QED) is 0.472. The standard InChI is InChI=1S/C22H38N4O5/c1-4-5-9-17(18(27)19(28)23-16(2)3)24-20(29)22(10-7-6-8-11-22)25-21(30)26-12-14-31-15-13-26/h16-17H,4-15H2,1-3H3,(H,23,28)(H,24,29)(H,25,30)/t17-/m0/s1. The summed E-state index contributed by atoms with van der Waals surface area (Å²) in [6, 6.07) is -1.35. The Bertz CT molecular complexity index is 640. The van der Waals surface area contributed by atoms with E-state index in [2.05, 4.69) is 16.0 Å². The van der Waals surface area contributed by atoms with Crippen LogP contribution in [0.1, 0.15) is 72.1 Å². The zero-order chi connectivity index (χ0) is 22.9. The third-order valence-electron chi connectivity index (χ3n) is 5.90. The van der Waals surface area contributed by atoms with Crippen LogP contribution in [0.4, 0.5) is 4.79 Å². The molecule has 0 aromatic carbocycles. The highest BCUT2D eigenvalue weighted by Crippen LogP contribution is 2.29. The average molecular weight is 439 g/mol. The fraction of sp³-hybridized carbons (Fsp3) is 0.818. The number of hydrogen-bond acceptors (Lipinski definition) is 5. The molecule has 0 radical (unpaired) electrons. The normalized spacial score (nSPS) is 19.4. The lowest BCUT2D eigenvalue weighted by molar-refractivity contribution is -0.141. The maximum Gasteiger partial charge on any atom is 0.318 e. The number of carbonyl (C=O) groups is 4. The second-order valence-corrected chi connectivity index (χ2v) is 8.83. The summed E-state index contributed by atoms with van der Waals surface area (Å²) in [4.78, 5) is 52.9. The second-order valence-electron chi connectivity index (χ2n) is 8.83. The Kier molecular flexibility index (Phi) is 9.74. The van der Waals surface area contributed by atoms with Gasteiger partial charge >= 0.3 is 6.03 Å². The number of urea groups is 1. The Labute approximate surface area is 185 Å². The fourth-order valence-electron chi connectivity index (χ4n) is 4.08. The summed E-state index contributed by atoms with van der Waals surface area (Å²) in [7, 11) is 0. The van der Waals surface area contributed by atoms with Gasteiger partial charge in [0.25, 0.3) is 5.91 Å². The van der Waals surface area contributed by atoms with E-state index >= 15 is 0 Å². The Hall–Kier alpha value is -2.16. The van der Waals surface area contributed by atoms with E-state index < -0.39 is 23.3 Å². The minimum Gasteiger partial charge on any atom is -0.378 e. The van der Waals surface area contributed by atoms with E-state index in [-0.39, 0.29) is 18.0 Å². The zero-order valence-electron chi connectivity index (χ0n) is 19.1. The molecule has 31 heavy (non-hydrogen) atoms. The van der Waals surface area contributed by atoms with Crippen LogP contribution in [0.5, 0.6) is 0 Å². The van der Waals surface area contributed by atoms with E-state index in [1.54, 1.807) is 18.7 Å². The van der Waals surface area contributed by atoms with Crippen molar-refractivity contribution in [2.45, 2.75) is 89.8 Å². The highest BCUT2D eigenvalue weighted by atomic mass is 16.5. The molecule has 2 fully saturated rings. The molecular weight excluding hydrogens is 400 g/mol. The molecule has 2 rings (SSSR count). The number of hydrogen-bond donors (Lipinski definition) is 3. The minimum atomic E-state index is -1.06. The molecule has 1 aliphatic carbocycles. The smallest absolute Gasteiger partial charge is 0.318 e. The predicted molar refractivity (Wildman–Crippen MR) is 116 cm³/mol. The maximum absolute atomic E-state index is 13.4. The third kappa shape index (κ3) is 7.19. The number of morpholine rings is 1. The van der Waals surface area contributed by atoms with Gasteiger partial charge in [0.1, 0.15) is 5.54 Å². The maximum atomic E-state index is 13.4. The Morgan fingerprint density at radius 1 is 1.00 bits per heavy atom. The number of Topliss-reactive ketones (excluding diaryl/α,β-unsaturated/α-hetero) is 1. The first-order valence-corrected chi connectivity index (χ1v) is 11.6. The lowest BCUT2D eigenvalue weighted by atomic mass is 9.80. The van der Waals surface area contributed by atoms with Gasteiger partial charge in [-0.05, 0) is 33.1 Å². The Morgan fingerprint density at radius 2 is 1.65 bits per heavy atom. The van der Waals surface area contributed by atoms with Crippen molar-refractivity contribution in [3.8, 4) is 0 Å². The van der Waals surface area contributed by atoms with Gasteiger partial charge in [-0.25, -0.2) is 4.79 Å². The molecule has 3 N–H and O–H groups in total. The van der Waals surface area contributed by atoms with Gasteiger partial charge in [-0.1, -0.05) is 39.0 Å². The molecule has 0 aromatic rings. The number of amides is 4. The number of ketones is 1. The predicted octanol–water partition coefficient (Wildman–Crippen LogP) is 1.50. The van der Waals surface area contributed by atoms with E-state index in [1.165, 1.54) is 0 Å². The molecule has 1 saturated carbocycles. The number of carbonyl (C=O) groups excluding carboxylic acids is 4. The van der Waals surface area contributed by atoms with Crippen LogP contribution < -0.4 is 16.0 Å². The molecule has 0 bridgehead atoms. The van der Waals surface area contributed by atoms with Crippen LogP contribution in [0.2, 0.25) is 0 Å². The molecule has 1 aliphatic heterocycles. The molecule has 2 aliphatic rings. The lowest BCUT2D eigenvalue weighted by Gasteiger charge is -2.39. The molecule has 1 atom stereocenters.